The molecule has 0 aliphatic carbocycles. The Morgan fingerprint density at radius 2 is 1.64 bits per heavy atom. The maximum absolute atomic E-state index is 12.7. The molecule has 1 fully saturated rings. The fourth-order valence-corrected chi connectivity index (χ4v) is 3.11. The second kappa shape index (κ2) is 8.65. The molecule has 0 unspecified atom stereocenters. The minimum absolute atomic E-state index is 0.0157. The van der Waals surface area contributed by atoms with E-state index in [0.29, 0.717) is 37.4 Å². The van der Waals surface area contributed by atoms with Gasteiger partial charge >= 0.3 is 0 Å². The molecule has 1 aromatic carbocycles. The first-order valence-electron chi connectivity index (χ1n) is 9.39. The van der Waals surface area contributed by atoms with Gasteiger partial charge in [-0.05, 0) is 36.2 Å². The van der Waals surface area contributed by atoms with Crippen molar-refractivity contribution < 1.29 is 14.4 Å². The molecule has 0 bridgehead atoms. The van der Waals surface area contributed by atoms with Crippen LogP contribution in [0.25, 0.3) is 0 Å². The first-order valence-corrected chi connectivity index (χ1v) is 9.39. The van der Waals surface area contributed by atoms with Gasteiger partial charge in [-0.2, -0.15) is 0 Å². The number of carbonyl (C=O) groups excluding carboxylic acids is 3. The molecule has 0 saturated carbocycles. The number of piperazine rings is 1. The van der Waals surface area contributed by atoms with Gasteiger partial charge in [-0.15, -0.1) is 0 Å². The predicted molar refractivity (Wildman–Crippen MR) is 106 cm³/mol. The fourth-order valence-electron chi connectivity index (χ4n) is 3.11. The second-order valence-corrected chi connectivity index (χ2v) is 6.73. The molecule has 7 heteroatoms. The number of aromatic nitrogens is 1. The van der Waals surface area contributed by atoms with Crippen LogP contribution in [0.3, 0.4) is 0 Å². The zero-order valence-electron chi connectivity index (χ0n) is 16.1. The van der Waals surface area contributed by atoms with Crippen molar-refractivity contribution in [2.75, 3.05) is 31.5 Å². The number of anilines is 1. The average Bonchev–Trinajstić information content (AvgIpc) is 2.74. The standard InChI is InChI=1S/C21H24N4O3/c1-3-16-4-6-18(7-5-16)23-20(27)19-14-17(8-9-22-19)21(28)25-12-10-24(11-13-25)15(2)26/h4-9,14H,3,10-13H2,1-2H3,(H,23,27). The fraction of sp³-hybridized carbons (Fsp3) is 0.333. The molecule has 1 saturated heterocycles. The zero-order chi connectivity index (χ0) is 20.1. The summed E-state index contributed by atoms with van der Waals surface area (Å²) < 4.78 is 0. The van der Waals surface area contributed by atoms with Crippen molar-refractivity contribution in [1.82, 2.24) is 14.8 Å². The number of amides is 3. The van der Waals surface area contributed by atoms with Crippen molar-refractivity contribution in [2.24, 2.45) is 0 Å². The summed E-state index contributed by atoms with van der Waals surface area (Å²) in [6, 6.07) is 10.7. The number of rotatable bonds is 4. The van der Waals surface area contributed by atoms with E-state index < -0.39 is 0 Å². The lowest BCUT2D eigenvalue weighted by Crippen LogP contribution is -2.50. The van der Waals surface area contributed by atoms with Crippen LogP contribution >= 0.6 is 0 Å². The van der Waals surface area contributed by atoms with Crippen LogP contribution in [0.2, 0.25) is 0 Å². The maximum atomic E-state index is 12.7. The Hall–Kier alpha value is -3.22. The molecule has 2 aromatic rings. The Kier molecular flexibility index (Phi) is 6.03. The van der Waals surface area contributed by atoms with Crippen LogP contribution in [0.15, 0.2) is 42.6 Å². The van der Waals surface area contributed by atoms with E-state index in [1.54, 1.807) is 15.9 Å². The van der Waals surface area contributed by atoms with Crippen molar-refractivity contribution in [1.29, 1.82) is 0 Å². The lowest BCUT2D eigenvalue weighted by Gasteiger charge is -2.34. The molecule has 3 rings (SSSR count). The van der Waals surface area contributed by atoms with Crippen LogP contribution in [0.5, 0.6) is 0 Å². The first-order chi connectivity index (χ1) is 13.5. The predicted octanol–water partition coefficient (Wildman–Crippen LogP) is 2.20. The SMILES string of the molecule is CCc1ccc(NC(=O)c2cc(C(=O)N3CCN(C(C)=O)CC3)ccn2)cc1. The summed E-state index contributed by atoms with van der Waals surface area (Å²) in [6.45, 7) is 5.60. The lowest BCUT2D eigenvalue weighted by molar-refractivity contribution is -0.130. The minimum Gasteiger partial charge on any atom is -0.339 e. The van der Waals surface area contributed by atoms with Gasteiger partial charge in [0.15, 0.2) is 0 Å². The summed E-state index contributed by atoms with van der Waals surface area (Å²) in [5.41, 5.74) is 2.47. The summed E-state index contributed by atoms with van der Waals surface area (Å²) in [5.74, 6) is -0.505. The van der Waals surface area contributed by atoms with Gasteiger partial charge in [0.05, 0.1) is 0 Å². The molecular formula is C21H24N4O3. The first kappa shape index (κ1) is 19.5. The van der Waals surface area contributed by atoms with Crippen LogP contribution in [-0.2, 0) is 11.2 Å². The largest absolute Gasteiger partial charge is 0.339 e. The molecular weight excluding hydrogens is 356 g/mol. The highest BCUT2D eigenvalue weighted by molar-refractivity contribution is 6.04. The summed E-state index contributed by atoms with van der Waals surface area (Å²) in [7, 11) is 0. The highest BCUT2D eigenvalue weighted by Gasteiger charge is 2.24. The third-order valence-electron chi connectivity index (χ3n) is 4.87. The molecule has 28 heavy (non-hydrogen) atoms. The van der Waals surface area contributed by atoms with Crippen molar-refractivity contribution in [3.8, 4) is 0 Å². The third-order valence-corrected chi connectivity index (χ3v) is 4.87. The maximum Gasteiger partial charge on any atom is 0.274 e. The van der Waals surface area contributed by atoms with Crippen LogP contribution in [0, 0.1) is 0 Å². The van der Waals surface area contributed by atoms with Gasteiger partial charge in [0, 0.05) is 50.6 Å². The minimum atomic E-state index is -0.361. The highest BCUT2D eigenvalue weighted by atomic mass is 16.2. The quantitative estimate of drug-likeness (QED) is 0.882. The van der Waals surface area contributed by atoms with Gasteiger partial charge in [0.1, 0.15) is 5.69 Å². The van der Waals surface area contributed by atoms with E-state index in [-0.39, 0.29) is 23.4 Å². The third kappa shape index (κ3) is 4.54. The molecule has 1 N–H and O–H groups in total. The topological polar surface area (TPSA) is 82.6 Å². The summed E-state index contributed by atoms with van der Waals surface area (Å²) in [5, 5.41) is 2.80. The molecule has 3 amide bonds. The number of benzene rings is 1. The van der Waals surface area contributed by atoms with Crippen LogP contribution in [-0.4, -0.2) is 58.7 Å². The van der Waals surface area contributed by atoms with Gasteiger partial charge < -0.3 is 15.1 Å². The number of nitrogens with zero attached hydrogens (tertiary/aromatic N) is 3. The molecule has 0 radical (unpaired) electrons. The van der Waals surface area contributed by atoms with E-state index in [0.717, 1.165) is 6.42 Å². The second-order valence-electron chi connectivity index (χ2n) is 6.73. The zero-order valence-corrected chi connectivity index (χ0v) is 16.1. The molecule has 0 atom stereocenters. The summed E-state index contributed by atoms with van der Waals surface area (Å²) in [4.78, 5) is 44.2. The number of pyridine rings is 1. The molecule has 1 aliphatic heterocycles. The molecule has 0 spiro atoms. The van der Waals surface area contributed by atoms with E-state index in [1.807, 2.05) is 24.3 Å². The van der Waals surface area contributed by atoms with Gasteiger partial charge in [-0.3, -0.25) is 19.4 Å². The Morgan fingerprint density at radius 3 is 2.25 bits per heavy atom. The average molecular weight is 380 g/mol. The van der Waals surface area contributed by atoms with Crippen molar-refractivity contribution in [3.63, 3.8) is 0 Å². The van der Waals surface area contributed by atoms with Gasteiger partial charge in [-0.25, -0.2) is 0 Å². The number of carbonyl (C=O) groups is 3. The molecule has 1 aliphatic rings. The molecule has 2 heterocycles. The summed E-state index contributed by atoms with van der Waals surface area (Å²) in [6.07, 6.45) is 2.40. The highest BCUT2D eigenvalue weighted by Crippen LogP contribution is 2.13. The number of nitrogens with one attached hydrogen (secondary N) is 1. The molecule has 146 valence electrons. The van der Waals surface area contributed by atoms with E-state index in [9.17, 15) is 14.4 Å². The Labute approximate surface area is 164 Å². The van der Waals surface area contributed by atoms with E-state index in [4.69, 9.17) is 0 Å². The number of hydrogen-bond acceptors (Lipinski definition) is 4. The number of hydrogen-bond donors (Lipinski definition) is 1. The molecule has 7 nitrogen and oxygen atoms in total. The van der Waals surface area contributed by atoms with E-state index >= 15 is 0 Å². The van der Waals surface area contributed by atoms with E-state index in [1.165, 1.54) is 24.8 Å². The van der Waals surface area contributed by atoms with E-state index in [2.05, 4.69) is 17.2 Å². The van der Waals surface area contributed by atoms with Crippen molar-refractivity contribution >= 4 is 23.4 Å². The van der Waals surface area contributed by atoms with Crippen molar-refractivity contribution in [2.45, 2.75) is 20.3 Å². The van der Waals surface area contributed by atoms with Crippen LogP contribution < -0.4 is 5.32 Å². The van der Waals surface area contributed by atoms with Gasteiger partial charge in [0.2, 0.25) is 5.91 Å². The molecule has 1 aromatic heterocycles. The monoisotopic (exact) mass is 380 g/mol. The van der Waals surface area contributed by atoms with Gasteiger partial charge in [0.25, 0.3) is 11.8 Å². The smallest absolute Gasteiger partial charge is 0.274 e. The Morgan fingerprint density at radius 1 is 1.00 bits per heavy atom. The lowest BCUT2D eigenvalue weighted by atomic mass is 10.1. The van der Waals surface area contributed by atoms with Gasteiger partial charge in [-0.1, -0.05) is 19.1 Å². The van der Waals surface area contributed by atoms with Crippen LogP contribution in [0.1, 0.15) is 40.3 Å². The Balaban J connectivity index is 1.66. The summed E-state index contributed by atoms with van der Waals surface area (Å²) >= 11 is 0. The normalized spacial score (nSPS) is 13.9. The Bertz CT molecular complexity index is 871. The van der Waals surface area contributed by atoms with Crippen LogP contribution in [0.4, 0.5) is 5.69 Å². The van der Waals surface area contributed by atoms with Crippen molar-refractivity contribution in [3.05, 3.63) is 59.4 Å². The number of aryl methyl sites for hydroxylation is 1.